The van der Waals surface area contributed by atoms with E-state index in [9.17, 15) is 13.2 Å². The summed E-state index contributed by atoms with van der Waals surface area (Å²) < 4.78 is 40.2. The summed E-state index contributed by atoms with van der Waals surface area (Å²) in [7, 11) is 0. The lowest BCUT2D eigenvalue weighted by Crippen LogP contribution is -2.16. The number of halogens is 3. The van der Waals surface area contributed by atoms with E-state index in [0.29, 0.717) is 29.3 Å². The van der Waals surface area contributed by atoms with Crippen molar-refractivity contribution in [1.82, 2.24) is 5.32 Å². The van der Waals surface area contributed by atoms with Crippen LogP contribution in [0.3, 0.4) is 0 Å². The van der Waals surface area contributed by atoms with E-state index in [4.69, 9.17) is 0 Å². The zero-order chi connectivity index (χ0) is 14.1. The van der Waals surface area contributed by atoms with Crippen molar-refractivity contribution in [3.8, 4) is 11.1 Å². The summed E-state index contributed by atoms with van der Waals surface area (Å²) in [5.41, 5.74) is 1.53. The summed E-state index contributed by atoms with van der Waals surface area (Å²) in [6.45, 7) is 0.433. The van der Waals surface area contributed by atoms with Gasteiger partial charge in [0.05, 0.1) is 0 Å². The maximum atomic E-state index is 13.7. The van der Waals surface area contributed by atoms with Crippen LogP contribution in [0.1, 0.15) is 18.4 Å². The molecule has 3 rings (SSSR count). The Balaban J connectivity index is 1.90. The molecule has 0 radical (unpaired) electrons. The van der Waals surface area contributed by atoms with Crippen molar-refractivity contribution < 1.29 is 13.2 Å². The Morgan fingerprint density at radius 2 is 1.60 bits per heavy atom. The van der Waals surface area contributed by atoms with E-state index in [1.54, 1.807) is 6.07 Å². The molecule has 1 fully saturated rings. The monoisotopic (exact) mass is 277 g/mol. The predicted octanol–water partition coefficient (Wildman–Crippen LogP) is 4.02. The van der Waals surface area contributed by atoms with E-state index >= 15 is 0 Å². The van der Waals surface area contributed by atoms with Crippen molar-refractivity contribution in [3.63, 3.8) is 0 Å². The van der Waals surface area contributed by atoms with Gasteiger partial charge in [0, 0.05) is 24.2 Å². The summed E-state index contributed by atoms with van der Waals surface area (Å²) in [4.78, 5) is 0. The van der Waals surface area contributed by atoms with Crippen LogP contribution >= 0.6 is 0 Å². The first-order valence-corrected chi connectivity index (χ1v) is 6.60. The molecule has 2 aromatic carbocycles. The van der Waals surface area contributed by atoms with Crippen LogP contribution in [0.2, 0.25) is 0 Å². The minimum Gasteiger partial charge on any atom is -0.310 e. The van der Waals surface area contributed by atoms with Crippen molar-refractivity contribution in [1.29, 1.82) is 0 Å². The van der Waals surface area contributed by atoms with Crippen LogP contribution in [-0.4, -0.2) is 6.04 Å². The van der Waals surface area contributed by atoms with Crippen LogP contribution < -0.4 is 5.32 Å². The molecule has 0 spiro atoms. The topological polar surface area (TPSA) is 12.0 Å². The van der Waals surface area contributed by atoms with Crippen molar-refractivity contribution in [3.05, 3.63) is 59.4 Å². The van der Waals surface area contributed by atoms with Crippen molar-refractivity contribution in [2.75, 3.05) is 0 Å². The lowest BCUT2D eigenvalue weighted by Gasteiger charge is -2.08. The summed E-state index contributed by atoms with van der Waals surface area (Å²) in [5.74, 6) is -1.58. The quantitative estimate of drug-likeness (QED) is 0.890. The zero-order valence-corrected chi connectivity index (χ0v) is 10.8. The van der Waals surface area contributed by atoms with E-state index in [2.05, 4.69) is 5.32 Å². The molecule has 1 saturated carbocycles. The van der Waals surface area contributed by atoms with Crippen LogP contribution in [0.5, 0.6) is 0 Å². The second kappa shape index (κ2) is 5.29. The average Bonchev–Trinajstić information content (AvgIpc) is 3.20. The number of hydrogen-bond acceptors (Lipinski definition) is 1. The van der Waals surface area contributed by atoms with Crippen LogP contribution in [-0.2, 0) is 6.54 Å². The maximum absolute atomic E-state index is 13.7. The number of hydrogen-bond donors (Lipinski definition) is 1. The molecule has 1 N–H and O–H groups in total. The lowest BCUT2D eigenvalue weighted by molar-refractivity contribution is 0.584. The second-order valence-corrected chi connectivity index (χ2v) is 5.12. The Morgan fingerprint density at radius 1 is 0.900 bits per heavy atom. The van der Waals surface area contributed by atoms with E-state index in [0.717, 1.165) is 18.9 Å². The fourth-order valence-corrected chi connectivity index (χ4v) is 2.15. The van der Waals surface area contributed by atoms with Crippen LogP contribution in [0.15, 0.2) is 36.4 Å². The van der Waals surface area contributed by atoms with Gasteiger partial charge in [-0.2, -0.15) is 0 Å². The second-order valence-electron chi connectivity index (χ2n) is 5.12. The number of rotatable bonds is 4. The van der Waals surface area contributed by atoms with Gasteiger partial charge in [0.1, 0.15) is 17.5 Å². The summed E-state index contributed by atoms with van der Waals surface area (Å²) in [5, 5.41) is 3.23. The standard InChI is InChI=1S/C16H14F3N/c17-13-6-11(7-14(18)8-13)10-1-4-16(19)12(5-10)9-20-15-2-3-15/h1,4-8,15,20H,2-3,9H2. The summed E-state index contributed by atoms with van der Waals surface area (Å²) in [6, 6.07) is 8.29. The zero-order valence-electron chi connectivity index (χ0n) is 10.8. The smallest absolute Gasteiger partial charge is 0.127 e. The first-order valence-electron chi connectivity index (χ1n) is 6.60. The third kappa shape index (κ3) is 3.02. The van der Waals surface area contributed by atoms with Crippen molar-refractivity contribution in [2.45, 2.75) is 25.4 Å². The highest BCUT2D eigenvalue weighted by atomic mass is 19.1. The first kappa shape index (κ1) is 13.2. The molecule has 0 heterocycles. The molecular weight excluding hydrogens is 263 g/mol. The number of benzene rings is 2. The molecule has 1 aliphatic carbocycles. The van der Waals surface area contributed by atoms with Gasteiger partial charge in [-0.05, 0) is 48.2 Å². The van der Waals surface area contributed by atoms with Gasteiger partial charge in [-0.1, -0.05) is 6.07 Å². The molecule has 0 atom stereocenters. The Kier molecular flexibility index (Phi) is 3.49. The van der Waals surface area contributed by atoms with Crippen LogP contribution in [0.4, 0.5) is 13.2 Å². The summed E-state index contributed by atoms with van der Waals surface area (Å²) >= 11 is 0. The molecule has 1 nitrogen and oxygen atoms in total. The maximum Gasteiger partial charge on any atom is 0.127 e. The van der Waals surface area contributed by atoms with Gasteiger partial charge in [0.25, 0.3) is 0 Å². The van der Waals surface area contributed by atoms with E-state index in [1.165, 1.54) is 24.3 Å². The predicted molar refractivity (Wildman–Crippen MR) is 71.6 cm³/mol. The first-order chi connectivity index (χ1) is 9.61. The molecule has 104 valence electrons. The summed E-state index contributed by atoms with van der Waals surface area (Å²) in [6.07, 6.45) is 2.24. The Labute approximate surface area is 115 Å². The van der Waals surface area contributed by atoms with E-state index < -0.39 is 11.6 Å². The molecule has 0 unspecified atom stereocenters. The highest BCUT2D eigenvalue weighted by Gasteiger charge is 2.20. The van der Waals surface area contributed by atoms with Crippen molar-refractivity contribution in [2.24, 2.45) is 0 Å². The third-order valence-corrected chi connectivity index (χ3v) is 3.40. The fourth-order valence-electron chi connectivity index (χ4n) is 2.15. The van der Waals surface area contributed by atoms with Gasteiger partial charge < -0.3 is 5.32 Å². The van der Waals surface area contributed by atoms with Gasteiger partial charge in [-0.3, -0.25) is 0 Å². The molecule has 0 aromatic heterocycles. The Hall–Kier alpha value is -1.81. The van der Waals surface area contributed by atoms with Gasteiger partial charge in [-0.15, -0.1) is 0 Å². The van der Waals surface area contributed by atoms with Crippen molar-refractivity contribution >= 4 is 0 Å². The van der Waals surface area contributed by atoms with E-state index in [1.807, 2.05) is 0 Å². The Morgan fingerprint density at radius 3 is 2.25 bits per heavy atom. The van der Waals surface area contributed by atoms with Gasteiger partial charge in [0.15, 0.2) is 0 Å². The Bertz CT molecular complexity index is 615. The highest BCUT2D eigenvalue weighted by Crippen LogP contribution is 2.25. The third-order valence-electron chi connectivity index (χ3n) is 3.40. The van der Waals surface area contributed by atoms with E-state index in [-0.39, 0.29) is 5.82 Å². The van der Waals surface area contributed by atoms with Crippen LogP contribution in [0, 0.1) is 17.5 Å². The molecule has 0 amide bonds. The molecule has 2 aromatic rings. The molecular formula is C16H14F3N. The molecule has 4 heteroatoms. The van der Waals surface area contributed by atoms with Crippen LogP contribution in [0.25, 0.3) is 11.1 Å². The minimum absolute atomic E-state index is 0.307. The fraction of sp³-hybridized carbons (Fsp3) is 0.250. The van der Waals surface area contributed by atoms with Gasteiger partial charge >= 0.3 is 0 Å². The van der Waals surface area contributed by atoms with Gasteiger partial charge in [0.2, 0.25) is 0 Å². The molecule has 1 aliphatic rings. The molecule has 0 bridgehead atoms. The normalized spacial score (nSPS) is 14.6. The average molecular weight is 277 g/mol. The minimum atomic E-state index is -0.637. The SMILES string of the molecule is Fc1cc(F)cc(-c2ccc(F)c(CNC3CC3)c2)c1. The highest BCUT2D eigenvalue weighted by molar-refractivity contribution is 5.64. The van der Waals surface area contributed by atoms with Gasteiger partial charge in [-0.25, -0.2) is 13.2 Å². The lowest BCUT2D eigenvalue weighted by atomic mass is 10.0. The molecule has 0 saturated heterocycles. The number of nitrogens with one attached hydrogen (secondary N) is 1. The largest absolute Gasteiger partial charge is 0.310 e. The molecule has 20 heavy (non-hydrogen) atoms. The molecule has 0 aliphatic heterocycles.